The van der Waals surface area contributed by atoms with Gasteiger partial charge in [-0.25, -0.2) is 0 Å². The van der Waals surface area contributed by atoms with Gasteiger partial charge in [0.25, 0.3) is 0 Å². The number of anilines is 1. The molecule has 1 aromatic carbocycles. The number of nitrogens with one attached hydrogen (secondary N) is 3. The summed E-state index contributed by atoms with van der Waals surface area (Å²) in [4.78, 5) is 12.0. The van der Waals surface area contributed by atoms with Gasteiger partial charge < -0.3 is 16.0 Å². The second kappa shape index (κ2) is 10.7. The van der Waals surface area contributed by atoms with Gasteiger partial charge in [-0.1, -0.05) is 70.5 Å². The highest BCUT2D eigenvalue weighted by molar-refractivity contribution is 9.10. The zero-order valence-electron chi connectivity index (χ0n) is 13.0. The molecule has 1 atom stereocenters. The minimum Gasteiger partial charge on any atom is -0.339 e. The second-order valence-corrected chi connectivity index (χ2v) is 8.80. The number of hydrogen-bond donors (Lipinski definition) is 3. The Morgan fingerprint density at radius 1 is 1.21 bits per heavy atom. The van der Waals surface area contributed by atoms with Crippen molar-refractivity contribution in [3.63, 3.8) is 0 Å². The number of halogens is 4. The number of alkyl halides is 3. The molecule has 134 valence electrons. The average Bonchev–Trinajstić information content (AvgIpc) is 2.48. The molecular weight excluding hydrogens is 457 g/mol. The fourth-order valence-corrected chi connectivity index (χ4v) is 2.63. The van der Waals surface area contributed by atoms with Gasteiger partial charge in [-0.15, -0.1) is 0 Å². The van der Waals surface area contributed by atoms with Gasteiger partial charge in [0.05, 0.1) is 0 Å². The molecule has 24 heavy (non-hydrogen) atoms. The van der Waals surface area contributed by atoms with Crippen molar-refractivity contribution in [2.24, 2.45) is 0 Å². The molecule has 0 aromatic heterocycles. The summed E-state index contributed by atoms with van der Waals surface area (Å²) in [7, 11) is 0. The van der Waals surface area contributed by atoms with Crippen LogP contribution in [0, 0.1) is 0 Å². The maximum absolute atomic E-state index is 12.0. The lowest BCUT2D eigenvalue weighted by atomic mass is 10.2. The molecule has 0 fully saturated rings. The van der Waals surface area contributed by atoms with E-state index >= 15 is 0 Å². The zero-order chi connectivity index (χ0) is 18.2. The summed E-state index contributed by atoms with van der Waals surface area (Å²) in [5, 5.41) is 8.69. The summed E-state index contributed by atoms with van der Waals surface area (Å²) in [6.45, 7) is 2.07. The second-order valence-electron chi connectivity index (χ2n) is 5.10. The van der Waals surface area contributed by atoms with Gasteiger partial charge in [0.15, 0.2) is 5.11 Å². The van der Waals surface area contributed by atoms with E-state index < -0.39 is 9.96 Å². The Hall–Kier alpha value is -0.270. The van der Waals surface area contributed by atoms with Crippen molar-refractivity contribution >= 4 is 79.7 Å². The summed E-state index contributed by atoms with van der Waals surface area (Å²) >= 11 is 26.4. The van der Waals surface area contributed by atoms with E-state index in [1.807, 2.05) is 24.3 Å². The van der Waals surface area contributed by atoms with Crippen LogP contribution in [0.1, 0.15) is 32.6 Å². The molecule has 0 unspecified atom stereocenters. The third-order valence-corrected chi connectivity index (χ3v) is 4.42. The Labute approximate surface area is 171 Å². The van der Waals surface area contributed by atoms with Gasteiger partial charge >= 0.3 is 0 Å². The minimum absolute atomic E-state index is 0.196. The van der Waals surface area contributed by atoms with Crippen LogP contribution in [-0.4, -0.2) is 21.0 Å². The van der Waals surface area contributed by atoms with Gasteiger partial charge in [-0.2, -0.15) is 0 Å². The van der Waals surface area contributed by atoms with E-state index in [0.29, 0.717) is 6.42 Å². The number of thiocarbonyl (C=S) groups is 1. The topological polar surface area (TPSA) is 53.2 Å². The molecule has 0 spiro atoms. The van der Waals surface area contributed by atoms with Crippen molar-refractivity contribution in [3.05, 3.63) is 28.7 Å². The van der Waals surface area contributed by atoms with E-state index in [1.165, 1.54) is 0 Å². The summed E-state index contributed by atoms with van der Waals surface area (Å²) in [6, 6.07) is 7.41. The van der Waals surface area contributed by atoms with Crippen LogP contribution in [-0.2, 0) is 4.79 Å². The fraction of sp³-hybridized carbons (Fsp3) is 0.467. The standard InChI is InChI=1S/C15H19BrCl3N3OS/c1-2-3-4-5-12(23)21-13(15(17,18)19)22-14(24)20-11-8-6-10(16)7-9-11/h6-9,13H,2-5H2,1H3,(H,21,23)(H2,20,22,24)/t13-/m1/s1. The van der Waals surface area contributed by atoms with Crippen LogP contribution in [0.2, 0.25) is 0 Å². The number of amides is 1. The molecule has 1 amide bonds. The lowest BCUT2D eigenvalue weighted by Gasteiger charge is -2.27. The predicted octanol–water partition coefficient (Wildman–Crippen LogP) is 5.13. The molecule has 0 aliphatic carbocycles. The molecule has 0 saturated carbocycles. The largest absolute Gasteiger partial charge is 0.339 e. The molecule has 4 nitrogen and oxygen atoms in total. The highest BCUT2D eigenvalue weighted by Crippen LogP contribution is 2.29. The number of hydrogen-bond acceptors (Lipinski definition) is 2. The molecule has 0 heterocycles. The van der Waals surface area contributed by atoms with E-state index in [1.54, 1.807) is 0 Å². The first kappa shape index (κ1) is 21.8. The van der Waals surface area contributed by atoms with Crippen LogP contribution >= 0.6 is 63.0 Å². The number of carbonyl (C=O) groups excluding carboxylic acids is 1. The third-order valence-electron chi connectivity index (χ3n) is 3.02. The molecule has 0 aliphatic heterocycles. The van der Waals surface area contributed by atoms with Gasteiger partial charge in [-0.3, -0.25) is 4.79 Å². The number of unbranched alkanes of at least 4 members (excludes halogenated alkanes) is 2. The Morgan fingerprint density at radius 3 is 2.38 bits per heavy atom. The first-order chi connectivity index (χ1) is 11.2. The molecule has 1 rings (SSSR count). The van der Waals surface area contributed by atoms with Gasteiger partial charge in [0.1, 0.15) is 6.17 Å². The van der Waals surface area contributed by atoms with Crippen LogP contribution in [0.25, 0.3) is 0 Å². The Bertz CT molecular complexity index is 552. The molecule has 0 bridgehead atoms. The van der Waals surface area contributed by atoms with Crippen molar-refractivity contribution < 1.29 is 4.79 Å². The van der Waals surface area contributed by atoms with E-state index in [9.17, 15) is 4.79 Å². The van der Waals surface area contributed by atoms with Crippen molar-refractivity contribution in [2.75, 3.05) is 5.32 Å². The van der Waals surface area contributed by atoms with Gasteiger partial charge in [-0.05, 0) is 42.9 Å². The first-order valence-electron chi connectivity index (χ1n) is 7.41. The van der Waals surface area contributed by atoms with E-state index in [4.69, 9.17) is 47.0 Å². The number of rotatable bonds is 7. The molecule has 1 aromatic rings. The van der Waals surface area contributed by atoms with Crippen LogP contribution in [0.5, 0.6) is 0 Å². The van der Waals surface area contributed by atoms with Crippen LogP contribution in [0.15, 0.2) is 28.7 Å². The summed E-state index contributed by atoms with van der Waals surface area (Å²) in [5.74, 6) is -0.196. The average molecular weight is 476 g/mol. The third kappa shape index (κ3) is 8.72. The van der Waals surface area contributed by atoms with Gasteiger partial charge in [0.2, 0.25) is 9.70 Å². The number of carbonyl (C=O) groups is 1. The first-order valence-corrected chi connectivity index (χ1v) is 9.75. The van der Waals surface area contributed by atoms with Crippen molar-refractivity contribution in [1.29, 1.82) is 0 Å². The van der Waals surface area contributed by atoms with E-state index in [0.717, 1.165) is 29.4 Å². The molecule has 3 N–H and O–H groups in total. The van der Waals surface area contributed by atoms with E-state index in [-0.39, 0.29) is 11.0 Å². The normalized spacial score (nSPS) is 12.4. The van der Waals surface area contributed by atoms with Crippen LogP contribution < -0.4 is 16.0 Å². The molecule has 0 radical (unpaired) electrons. The zero-order valence-corrected chi connectivity index (χ0v) is 17.7. The molecular formula is C15H19BrCl3N3OS. The lowest BCUT2D eigenvalue weighted by Crippen LogP contribution is -2.56. The Balaban J connectivity index is 2.60. The van der Waals surface area contributed by atoms with E-state index in [2.05, 4.69) is 38.8 Å². The predicted molar refractivity (Wildman–Crippen MR) is 110 cm³/mol. The monoisotopic (exact) mass is 473 g/mol. The van der Waals surface area contributed by atoms with Crippen molar-refractivity contribution in [1.82, 2.24) is 10.6 Å². The van der Waals surface area contributed by atoms with Crippen LogP contribution in [0.3, 0.4) is 0 Å². The molecule has 0 aliphatic rings. The lowest BCUT2D eigenvalue weighted by molar-refractivity contribution is -0.122. The smallest absolute Gasteiger partial charge is 0.228 e. The maximum atomic E-state index is 12.0. The maximum Gasteiger partial charge on any atom is 0.228 e. The van der Waals surface area contributed by atoms with Gasteiger partial charge in [0, 0.05) is 16.6 Å². The van der Waals surface area contributed by atoms with Crippen molar-refractivity contribution in [3.8, 4) is 0 Å². The van der Waals surface area contributed by atoms with Crippen molar-refractivity contribution in [2.45, 2.75) is 42.6 Å². The minimum atomic E-state index is -1.74. The fourth-order valence-electron chi connectivity index (χ4n) is 1.80. The molecule has 0 saturated heterocycles. The molecule has 9 heteroatoms. The summed E-state index contributed by atoms with van der Waals surface area (Å²) in [5.41, 5.74) is 0.771. The Kier molecular flexibility index (Phi) is 9.67. The SMILES string of the molecule is CCCCCC(=O)N[C@H](NC(=S)Nc1ccc(Br)cc1)C(Cl)(Cl)Cl. The summed E-state index contributed by atoms with van der Waals surface area (Å²) < 4.78 is -0.795. The highest BCUT2D eigenvalue weighted by Gasteiger charge is 2.34. The quantitative estimate of drug-likeness (QED) is 0.222. The summed E-state index contributed by atoms with van der Waals surface area (Å²) in [6.07, 6.45) is 2.23. The highest BCUT2D eigenvalue weighted by atomic mass is 79.9. The Morgan fingerprint density at radius 2 is 1.83 bits per heavy atom. The van der Waals surface area contributed by atoms with Crippen LogP contribution in [0.4, 0.5) is 5.69 Å². The number of benzene rings is 1.